The highest BCUT2D eigenvalue weighted by atomic mass is 35.5. The van der Waals surface area contributed by atoms with Crippen LogP contribution in [0, 0.1) is 0 Å². The number of halogens is 2. The van der Waals surface area contributed by atoms with Gasteiger partial charge in [-0.15, -0.1) is 0 Å². The molecule has 4 heteroatoms. The molecule has 0 saturated heterocycles. The fourth-order valence-corrected chi connectivity index (χ4v) is 2.08. The molecular weight excluding hydrogens is 225 g/mol. The number of hydrogen-bond acceptors (Lipinski definition) is 2. The summed E-state index contributed by atoms with van der Waals surface area (Å²) in [6, 6.07) is 9.75. The molecule has 0 unspecified atom stereocenters. The fourth-order valence-electron chi connectivity index (χ4n) is 1.03. The Labute approximate surface area is 90.1 Å². The highest BCUT2D eigenvalue weighted by Gasteiger charge is 2.10. The van der Waals surface area contributed by atoms with Crippen LogP contribution < -0.4 is 0 Å². The van der Waals surface area contributed by atoms with Gasteiger partial charge in [0.15, 0.2) is 0 Å². The van der Waals surface area contributed by atoms with Crippen LogP contribution in [0.5, 0.6) is 0 Å². The van der Waals surface area contributed by atoms with Gasteiger partial charge in [0.2, 0.25) is 0 Å². The fraction of sp³-hybridized carbons (Fsp3) is 0. The molecule has 2 aromatic rings. The van der Waals surface area contributed by atoms with Crippen LogP contribution in [-0.2, 0) is 0 Å². The molecule has 0 aliphatic rings. The van der Waals surface area contributed by atoms with Gasteiger partial charge in [0.1, 0.15) is 10.0 Å². The van der Waals surface area contributed by atoms with Crippen molar-refractivity contribution in [2.24, 2.45) is 0 Å². The maximum absolute atomic E-state index is 5.96. The summed E-state index contributed by atoms with van der Waals surface area (Å²) in [6.45, 7) is 0. The van der Waals surface area contributed by atoms with Gasteiger partial charge in [0.05, 0.1) is 5.02 Å². The largest absolute Gasteiger partial charge is 0.189 e. The maximum atomic E-state index is 5.96. The Balaban J connectivity index is 2.53. The first kappa shape index (κ1) is 9.00. The van der Waals surface area contributed by atoms with Gasteiger partial charge in [-0.25, -0.2) is 0 Å². The lowest BCUT2D eigenvalue weighted by Gasteiger charge is -1.95. The molecule has 0 radical (unpaired) electrons. The number of nitrogens with zero attached hydrogens (tertiary/aromatic N) is 1. The van der Waals surface area contributed by atoms with Crippen LogP contribution in [0.25, 0.3) is 11.3 Å². The van der Waals surface area contributed by atoms with Crippen molar-refractivity contribution in [3.63, 3.8) is 0 Å². The van der Waals surface area contributed by atoms with Gasteiger partial charge in [0.25, 0.3) is 0 Å². The zero-order valence-electron chi connectivity index (χ0n) is 6.50. The second-order valence-electron chi connectivity index (χ2n) is 2.48. The third-order valence-electron chi connectivity index (χ3n) is 1.64. The van der Waals surface area contributed by atoms with Gasteiger partial charge in [-0.1, -0.05) is 53.5 Å². The van der Waals surface area contributed by atoms with Gasteiger partial charge >= 0.3 is 0 Å². The summed E-state index contributed by atoms with van der Waals surface area (Å²) in [4.78, 5) is 0. The highest BCUT2D eigenvalue weighted by Crippen LogP contribution is 2.35. The zero-order chi connectivity index (χ0) is 9.26. The minimum Gasteiger partial charge on any atom is -0.189 e. The van der Waals surface area contributed by atoms with Gasteiger partial charge in [-0.3, -0.25) is 0 Å². The van der Waals surface area contributed by atoms with Crippen LogP contribution in [0.2, 0.25) is 9.36 Å². The quantitative estimate of drug-likeness (QED) is 0.718. The summed E-state index contributed by atoms with van der Waals surface area (Å²) in [5.74, 6) is 0. The number of aromatic nitrogens is 1. The predicted octanol–water partition coefficient (Wildman–Crippen LogP) is 4.12. The van der Waals surface area contributed by atoms with E-state index in [0.717, 1.165) is 11.3 Å². The second-order valence-corrected chi connectivity index (χ2v) is 4.24. The first-order valence-electron chi connectivity index (χ1n) is 3.65. The number of hydrogen-bond donors (Lipinski definition) is 0. The van der Waals surface area contributed by atoms with E-state index in [0.29, 0.717) is 9.36 Å². The second kappa shape index (κ2) is 3.66. The molecular formula is C9H5Cl2NS. The molecule has 0 atom stereocenters. The van der Waals surface area contributed by atoms with Crippen molar-refractivity contribution in [2.75, 3.05) is 0 Å². The van der Waals surface area contributed by atoms with Crippen LogP contribution >= 0.6 is 34.7 Å². The molecule has 13 heavy (non-hydrogen) atoms. The Bertz CT molecular complexity index is 411. The van der Waals surface area contributed by atoms with Gasteiger partial charge in [-0.2, -0.15) is 4.37 Å². The summed E-state index contributed by atoms with van der Waals surface area (Å²) >= 11 is 13.0. The molecule has 1 heterocycles. The molecule has 1 aromatic carbocycles. The van der Waals surface area contributed by atoms with Gasteiger partial charge in [-0.05, 0) is 11.5 Å². The van der Waals surface area contributed by atoms with Gasteiger partial charge in [0, 0.05) is 5.56 Å². The van der Waals surface area contributed by atoms with E-state index in [9.17, 15) is 0 Å². The van der Waals surface area contributed by atoms with Crippen molar-refractivity contribution in [3.8, 4) is 11.3 Å². The SMILES string of the molecule is Clc1snc(-c2ccccc2)c1Cl. The van der Waals surface area contributed by atoms with E-state index in [2.05, 4.69) is 4.37 Å². The highest BCUT2D eigenvalue weighted by molar-refractivity contribution is 7.11. The van der Waals surface area contributed by atoms with E-state index >= 15 is 0 Å². The first-order chi connectivity index (χ1) is 6.29. The lowest BCUT2D eigenvalue weighted by molar-refractivity contribution is 1.52. The molecule has 1 nitrogen and oxygen atoms in total. The molecule has 0 N–H and O–H groups in total. The summed E-state index contributed by atoms with van der Waals surface area (Å²) < 4.78 is 4.71. The average Bonchev–Trinajstić information content (AvgIpc) is 2.49. The lowest BCUT2D eigenvalue weighted by atomic mass is 10.2. The molecule has 0 saturated carbocycles. The van der Waals surface area contributed by atoms with Crippen LogP contribution in [0.4, 0.5) is 0 Å². The average molecular weight is 230 g/mol. The normalized spacial score (nSPS) is 10.3. The minimum absolute atomic E-state index is 0.540. The molecule has 0 fully saturated rings. The monoisotopic (exact) mass is 229 g/mol. The Morgan fingerprint density at radius 2 is 1.77 bits per heavy atom. The molecule has 1 aromatic heterocycles. The van der Waals surface area contributed by atoms with E-state index < -0.39 is 0 Å². The standard InChI is InChI=1S/C9H5Cl2NS/c10-7-8(12-13-9(7)11)6-4-2-1-3-5-6/h1-5H. The molecule has 0 bridgehead atoms. The molecule has 66 valence electrons. The Kier molecular flexibility index (Phi) is 2.54. The van der Waals surface area contributed by atoms with Crippen LogP contribution in [0.15, 0.2) is 30.3 Å². The first-order valence-corrected chi connectivity index (χ1v) is 5.18. The predicted molar refractivity (Wildman–Crippen MR) is 57.6 cm³/mol. The minimum atomic E-state index is 0.540. The molecule has 0 aliphatic heterocycles. The van der Waals surface area contributed by atoms with E-state index in [1.54, 1.807) is 0 Å². The lowest BCUT2D eigenvalue weighted by Crippen LogP contribution is -1.75. The summed E-state index contributed by atoms with van der Waals surface area (Å²) in [7, 11) is 0. The van der Waals surface area contributed by atoms with Crippen molar-refractivity contribution in [1.82, 2.24) is 4.37 Å². The van der Waals surface area contributed by atoms with E-state index in [-0.39, 0.29) is 0 Å². The summed E-state index contributed by atoms with van der Waals surface area (Å²) in [5.41, 5.74) is 1.76. The van der Waals surface area contributed by atoms with Crippen molar-refractivity contribution in [2.45, 2.75) is 0 Å². The molecule has 2 rings (SSSR count). The Hall–Kier alpha value is -0.570. The van der Waals surface area contributed by atoms with Crippen molar-refractivity contribution < 1.29 is 0 Å². The van der Waals surface area contributed by atoms with Crippen molar-refractivity contribution >= 4 is 34.7 Å². The maximum Gasteiger partial charge on any atom is 0.133 e. The Morgan fingerprint density at radius 1 is 1.08 bits per heavy atom. The third-order valence-corrected chi connectivity index (χ3v) is 3.26. The van der Waals surface area contributed by atoms with E-state index in [4.69, 9.17) is 23.2 Å². The number of rotatable bonds is 1. The third kappa shape index (κ3) is 1.70. The molecule has 0 amide bonds. The van der Waals surface area contributed by atoms with Crippen molar-refractivity contribution in [3.05, 3.63) is 39.7 Å². The Morgan fingerprint density at radius 3 is 2.31 bits per heavy atom. The van der Waals surface area contributed by atoms with Crippen LogP contribution in [0.1, 0.15) is 0 Å². The van der Waals surface area contributed by atoms with E-state index in [1.807, 2.05) is 30.3 Å². The number of benzene rings is 1. The van der Waals surface area contributed by atoms with E-state index in [1.165, 1.54) is 11.5 Å². The summed E-state index contributed by atoms with van der Waals surface area (Å²) in [5, 5.41) is 0.540. The van der Waals surface area contributed by atoms with Crippen molar-refractivity contribution in [1.29, 1.82) is 0 Å². The van der Waals surface area contributed by atoms with Crippen LogP contribution in [0.3, 0.4) is 0 Å². The summed E-state index contributed by atoms with van der Waals surface area (Å²) in [6.07, 6.45) is 0. The van der Waals surface area contributed by atoms with Crippen LogP contribution in [-0.4, -0.2) is 4.37 Å². The van der Waals surface area contributed by atoms with Gasteiger partial charge < -0.3 is 0 Å². The smallest absolute Gasteiger partial charge is 0.133 e. The zero-order valence-corrected chi connectivity index (χ0v) is 8.83. The molecule has 0 aliphatic carbocycles. The molecule has 0 spiro atoms. The topological polar surface area (TPSA) is 12.9 Å².